The Balaban J connectivity index is 1.56. The molecule has 150 valence electrons. The van der Waals surface area contributed by atoms with E-state index in [9.17, 15) is 18.0 Å². The molecule has 1 aromatic carbocycles. The third-order valence-corrected chi connectivity index (χ3v) is 5.65. The van der Waals surface area contributed by atoms with Crippen LogP contribution in [-0.2, 0) is 19.6 Å². The number of carbonyl (C=O) groups excluding carboxylic acids is 2. The molecule has 28 heavy (non-hydrogen) atoms. The minimum Gasteiger partial charge on any atom is -0.451 e. The van der Waals surface area contributed by atoms with Crippen molar-refractivity contribution < 1.29 is 22.7 Å². The summed E-state index contributed by atoms with van der Waals surface area (Å²) >= 11 is 0. The molecular weight excluding hydrogens is 386 g/mol. The fourth-order valence-corrected chi connectivity index (χ4v) is 3.63. The number of hydrogen-bond acceptors (Lipinski definition) is 7. The standard InChI is InChI=1S/C17H21N5O5S/c1-13-16(19-22(18-13)14-6-4-3-5-7-14)17(24)27-12-15(23)20-8-10-21(11-9-20)28(2,25)26/h3-7H,8-12H2,1-2H3. The molecule has 0 atom stereocenters. The zero-order valence-electron chi connectivity index (χ0n) is 15.6. The van der Waals surface area contributed by atoms with Gasteiger partial charge in [0.15, 0.2) is 12.3 Å². The molecule has 3 rings (SSSR count). The molecule has 1 aromatic heterocycles. The average Bonchev–Trinajstić information content (AvgIpc) is 3.08. The van der Waals surface area contributed by atoms with E-state index in [1.165, 1.54) is 14.0 Å². The summed E-state index contributed by atoms with van der Waals surface area (Å²) in [4.78, 5) is 27.3. The highest BCUT2D eigenvalue weighted by Gasteiger charge is 2.27. The third-order valence-electron chi connectivity index (χ3n) is 4.35. The SMILES string of the molecule is Cc1nn(-c2ccccc2)nc1C(=O)OCC(=O)N1CCN(S(C)(=O)=O)CC1. The quantitative estimate of drug-likeness (QED) is 0.633. The molecule has 1 amide bonds. The van der Waals surface area contributed by atoms with Gasteiger partial charge in [0.05, 0.1) is 17.6 Å². The maximum Gasteiger partial charge on any atom is 0.361 e. The van der Waals surface area contributed by atoms with Crippen molar-refractivity contribution in [1.29, 1.82) is 0 Å². The lowest BCUT2D eigenvalue weighted by Gasteiger charge is -2.33. The number of esters is 1. The minimum atomic E-state index is -3.27. The summed E-state index contributed by atoms with van der Waals surface area (Å²) in [6.45, 7) is 2.16. The van der Waals surface area contributed by atoms with Gasteiger partial charge in [0, 0.05) is 26.2 Å². The van der Waals surface area contributed by atoms with Gasteiger partial charge in [-0.1, -0.05) is 18.2 Å². The first kappa shape index (κ1) is 20.0. The molecule has 0 saturated carbocycles. The summed E-state index contributed by atoms with van der Waals surface area (Å²) in [5.41, 5.74) is 1.13. The van der Waals surface area contributed by atoms with Gasteiger partial charge in [-0.2, -0.15) is 14.2 Å². The van der Waals surface area contributed by atoms with E-state index in [1.54, 1.807) is 19.1 Å². The van der Waals surface area contributed by atoms with Gasteiger partial charge in [-0.25, -0.2) is 13.2 Å². The Morgan fingerprint density at radius 2 is 1.71 bits per heavy atom. The Morgan fingerprint density at radius 1 is 1.07 bits per heavy atom. The predicted octanol–water partition coefficient (Wildman–Crippen LogP) is -0.164. The van der Waals surface area contributed by atoms with Crippen LogP contribution in [0.5, 0.6) is 0 Å². The lowest BCUT2D eigenvalue weighted by molar-refractivity contribution is -0.135. The number of nitrogens with zero attached hydrogens (tertiary/aromatic N) is 5. The van der Waals surface area contributed by atoms with Gasteiger partial charge in [-0.3, -0.25) is 4.79 Å². The molecule has 0 spiro atoms. The Bertz CT molecular complexity index is 965. The zero-order valence-corrected chi connectivity index (χ0v) is 16.4. The van der Waals surface area contributed by atoms with Crippen molar-refractivity contribution in [2.75, 3.05) is 39.0 Å². The zero-order chi connectivity index (χ0) is 20.3. The summed E-state index contributed by atoms with van der Waals surface area (Å²) in [5.74, 6) is -1.11. The number of rotatable bonds is 5. The van der Waals surface area contributed by atoms with E-state index in [0.29, 0.717) is 11.4 Å². The highest BCUT2D eigenvalue weighted by Crippen LogP contribution is 2.10. The molecule has 1 saturated heterocycles. The summed E-state index contributed by atoms with van der Waals surface area (Å²) in [6, 6.07) is 9.11. The number of piperazine rings is 1. The van der Waals surface area contributed by atoms with Crippen molar-refractivity contribution in [2.45, 2.75) is 6.92 Å². The van der Waals surface area contributed by atoms with Gasteiger partial charge in [0.25, 0.3) is 5.91 Å². The molecule has 1 fully saturated rings. The van der Waals surface area contributed by atoms with Crippen LogP contribution >= 0.6 is 0 Å². The second-order valence-electron chi connectivity index (χ2n) is 6.38. The summed E-state index contributed by atoms with van der Waals surface area (Å²) < 4.78 is 29.4. The van der Waals surface area contributed by atoms with Crippen LogP contribution in [0.1, 0.15) is 16.2 Å². The molecule has 1 aliphatic heterocycles. The number of carbonyl (C=O) groups is 2. The highest BCUT2D eigenvalue weighted by atomic mass is 32.2. The average molecular weight is 407 g/mol. The van der Waals surface area contributed by atoms with E-state index in [2.05, 4.69) is 10.2 Å². The van der Waals surface area contributed by atoms with Gasteiger partial charge in [0.1, 0.15) is 0 Å². The topological polar surface area (TPSA) is 115 Å². The normalized spacial score (nSPS) is 15.4. The maximum atomic E-state index is 12.3. The minimum absolute atomic E-state index is 0.0403. The number of aryl methyl sites for hydroxylation is 1. The fraction of sp³-hybridized carbons (Fsp3) is 0.412. The van der Waals surface area contributed by atoms with E-state index in [0.717, 1.165) is 6.26 Å². The fourth-order valence-electron chi connectivity index (χ4n) is 2.80. The van der Waals surface area contributed by atoms with Crippen LogP contribution in [0.3, 0.4) is 0 Å². The lowest BCUT2D eigenvalue weighted by Crippen LogP contribution is -2.51. The van der Waals surface area contributed by atoms with Crippen molar-refractivity contribution in [3.05, 3.63) is 41.7 Å². The monoisotopic (exact) mass is 407 g/mol. The first-order valence-electron chi connectivity index (χ1n) is 8.65. The summed E-state index contributed by atoms with van der Waals surface area (Å²) in [7, 11) is -3.27. The number of sulfonamides is 1. The van der Waals surface area contributed by atoms with Crippen LogP contribution in [-0.4, -0.2) is 83.5 Å². The second kappa shape index (κ2) is 8.07. The molecule has 0 bridgehead atoms. The van der Waals surface area contributed by atoms with Crippen LogP contribution in [0.15, 0.2) is 30.3 Å². The Kier molecular flexibility index (Phi) is 5.75. The molecule has 0 unspecified atom stereocenters. The van der Waals surface area contributed by atoms with E-state index < -0.39 is 22.6 Å². The largest absolute Gasteiger partial charge is 0.451 e. The summed E-state index contributed by atoms with van der Waals surface area (Å²) in [6.07, 6.45) is 1.14. The number of hydrogen-bond donors (Lipinski definition) is 0. The molecule has 0 N–H and O–H groups in total. The van der Waals surface area contributed by atoms with Gasteiger partial charge in [-0.05, 0) is 19.1 Å². The molecule has 2 heterocycles. The van der Waals surface area contributed by atoms with Crippen molar-refractivity contribution in [1.82, 2.24) is 24.2 Å². The Labute approximate surface area is 162 Å². The number of amides is 1. The van der Waals surface area contributed by atoms with E-state index in [4.69, 9.17) is 4.74 Å². The van der Waals surface area contributed by atoms with E-state index >= 15 is 0 Å². The first-order chi connectivity index (χ1) is 13.3. The Hall–Kier alpha value is -2.79. The van der Waals surface area contributed by atoms with E-state index in [-0.39, 0.29) is 37.8 Å². The Morgan fingerprint density at radius 3 is 2.32 bits per heavy atom. The van der Waals surface area contributed by atoms with Crippen LogP contribution in [0.2, 0.25) is 0 Å². The molecule has 0 aliphatic carbocycles. The van der Waals surface area contributed by atoms with Gasteiger partial charge >= 0.3 is 5.97 Å². The van der Waals surface area contributed by atoms with Gasteiger partial charge in [0.2, 0.25) is 10.0 Å². The predicted molar refractivity (Wildman–Crippen MR) is 99.4 cm³/mol. The molecule has 1 aliphatic rings. The van der Waals surface area contributed by atoms with Crippen LogP contribution < -0.4 is 0 Å². The number of aromatic nitrogens is 3. The lowest BCUT2D eigenvalue weighted by atomic mass is 10.3. The first-order valence-corrected chi connectivity index (χ1v) is 10.5. The van der Waals surface area contributed by atoms with Crippen molar-refractivity contribution in [3.8, 4) is 5.69 Å². The van der Waals surface area contributed by atoms with Gasteiger partial charge < -0.3 is 9.64 Å². The smallest absolute Gasteiger partial charge is 0.361 e. The summed E-state index contributed by atoms with van der Waals surface area (Å²) in [5, 5.41) is 8.34. The number of benzene rings is 1. The molecule has 0 radical (unpaired) electrons. The van der Waals surface area contributed by atoms with Gasteiger partial charge in [-0.15, -0.1) is 5.10 Å². The van der Waals surface area contributed by atoms with Crippen LogP contribution in [0.4, 0.5) is 0 Å². The molecule has 11 heteroatoms. The maximum absolute atomic E-state index is 12.3. The second-order valence-corrected chi connectivity index (χ2v) is 8.36. The third kappa shape index (κ3) is 4.54. The highest BCUT2D eigenvalue weighted by molar-refractivity contribution is 7.88. The molecule has 10 nitrogen and oxygen atoms in total. The number of para-hydroxylation sites is 1. The number of ether oxygens (including phenoxy) is 1. The van der Waals surface area contributed by atoms with Crippen molar-refractivity contribution in [2.24, 2.45) is 0 Å². The van der Waals surface area contributed by atoms with Crippen molar-refractivity contribution >= 4 is 21.9 Å². The van der Waals surface area contributed by atoms with Crippen molar-refractivity contribution in [3.63, 3.8) is 0 Å². The van der Waals surface area contributed by atoms with Crippen LogP contribution in [0.25, 0.3) is 5.69 Å². The molecule has 2 aromatic rings. The van der Waals surface area contributed by atoms with Crippen LogP contribution in [0, 0.1) is 6.92 Å². The molecular formula is C17H21N5O5S. The van der Waals surface area contributed by atoms with E-state index in [1.807, 2.05) is 18.2 Å².